The molecule has 0 amide bonds. The number of hydrogen-bond donors (Lipinski definition) is 0. The highest BCUT2D eigenvalue weighted by atomic mass is 16.5. The number of nitrogens with zero attached hydrogens (tertiary/aromatic N) is 3. The summed E-state index contributed by atoms with van der Waals surface area (Å²) < 4.78 is 4.65. The van der Waals surface area contributed by atoms with Crippen LogP contribution in [0.2, 0.25) is 0 Å². The fourth-order valence-corrected chi connectivity index (χ4v) is 3.78. The number of ether oxygens (including phenoxy) is 1. The summed E-state index contributed by atoms with van der Waals surface area (Å²) in [5, 5.41) is 18.9. The molecule has 0 aliphatic carbocycles. The normalized spacial score (nSPS) is 12.5. The van der Waals surface area contributed by atoms with Crippen molar-refractivity contribution in [1.29, 1.82) is 10.5 Å². The van der Waals surface area contributed by atoms with E-state index >= 15 is 0 Å². The predicted molar refractivity (Wildman–Crippen MR) is 126 cm³/mol. The number of esters is 1. The van der Waals surface area contributed by atoms with Gasteiger partial charge in [-0.15, -0.1) is 0 Å². The molecule has 1 rings (SSSR count). The summed E-state index contributed by atoms with van der Waals surface area (Å²) in [6.07, 6.45) is 7.13. The minimum absolute atomic E-state index is 0.0434. The van der Waals surface area contributed by atoms with Gasteiger partial charge >= 0.3 is 5.97 Å². The lowest BCUT2D eigenvalue weighted by molar-refractivity contribution is -0.135. The average Bonchev–Trinajstić information content (AvgIpc) is 2.81. The third-order valence-corrected chi connectivity index (χ3v) is 6.04. The molecule has 1 aromatic rings. The van der Waals surface area contributed by atoms with Gasteiger partial charge < -0.3 is 9.64 Å². The quantitative estimate of drug-likeness (QED) is 0.217. The van der Waals surface area contributed by atoms with Gasteiger partial charge in [0.2, 0.25) is 0 Å². The minimum atomic E-state index is -0.791. The second kappa shape index (κ2) is 14.3. The highest BCUT2D eigenvalue weighted by Crippen LogP contribution is 2.26. The number of allylic oxidation sites excluding steroid dienone is 1. The first-order chi connectivity index (χ1) is 15.0. The number of unbranched alkanes of at least 4 members (excludes halogenated alkanes) is 1. The average molecular weight is 424 g/mol. The standard InChI is InChI=1S/C26H37N3O2/c1-6-10-11-21(9-4)19-29(18-20(7-2)8-3)23-14-12-22(13-15-23)24(16-27)25(17-28)26(30)31-5/h12-15,20-21H,6-11,18-19H2,1-5H3/b25-24-. The van der Waals surface area contributed by atoms with Gasteiger partial charge in [0, 0.05) is 18.8 Å². The molecule has 1 unspecified atom stereocenters. The zero-order chi connectivity index (χ0) is 23.2. The zero-order valence-corrected chi connectivity index (χ0v) is 19.8. The van der Waals surface area contributed by atoms with Crippen molar-refractivity contribution in [3.63, 3.8) is 0 Å². The molecule has 0 heterocycles. The lowest BCUT2D eigenvalue weighted by atomic mass is 9.96. The van der Waals surface area contributed by atoms with E-state index in [0.717, 1.165) is 38.0 Å². The topological polar surface area (TPSA) is 77.1 Å². The summed E-state index contributed by atoms with van der Waals surface area (Å²) in [6.45, 7) is 11.0. The second-order valence-electron chi connectivity index (χ2n) is 8.02. The highest BCUT2D eigenvalue weighted by molar-refractivity contribution is 6.04. The minimum Gasteiger partial charge on any atom is -0.465 e. The Morgan fingerprint density at radius 2 is 1.55 bits per heavy atom. The number of rotatable bonds is 13. The van der Waals surface area contributed by atoms with Crippen molar-refractivity contribution < 1.29 is 9.53 Å². The molecule has 1 aromatic carbocycles. The van der Waals surface area contributed by atoms with E-state index in [1.165, 1.54) is 26.4 Å². The van der Waals surface area contributed by atoms with Gasteiger partial charge in [-0.3, -0.25) is 0 Å². The SMILES string of the molecule is CCCCC(CC)CN(CC(CC)CC)c1ccc(/C(C#N)=C(/C#N)C(=O)OC)cc1. The van der Waals surface area contributed by atoms with Crippen LogP contribution >= 0.6 is 0 Å². The van der Waals surface area contributed by atoms with Crippen LogP contribution in [-0.4, -0.2) is 26.2 Å². The van der Waals surface area contributed by atoms with Gasteiger partial charge in [-0.05, 0) is 36.0 Å². The Kier molecular flexibility index (Phi) is 12.1. The first kappa shape index (κ1) is 26.2. The van der Waals surface area contributed by atoms with Crippen LogP contribution in [-0.2, 0) is 9.53 Å². The Balaban J connectivity index is 3.25. The molecule has 0 aromatic heterocycles. The molecular weight excluding hydrogens is 386 g/mol. The van der Waals surface area contributed by atoms with E-state index < -0.39 is 5.97 Å². The van der Waals surface area contributed by atoms with Gasteiger partial charge in [0.1, 0.15) is 12.1 Å². The summed E-state index contributed by atoms with van der Waals surface area (Å²) in [6, 6.07) is 11.4. The maximum atomic E-state index is 11.9. The third kappa shape index (κ3) is 7.76. The van der Waals surface area contributed by atoms with Crippen molar-refractivity contribution in [2.24, 2.45) is 11.8 Å². The molecule has 5 nitrogen and oxygen atoms in total. The second-order valence-corrected chi connectivity index (χ2v) is 8.02. The molecular formula is C26H37N3O2. The van der Waals surface area contributed by atoms with E-state index in [9.17, 15) is 15.3 Å². The van der Waals surface area contributed by atoms with E-state index in [-0.39, 0.29) is 11.1 Å². The van der Waals surface area contributed by atoms with Gasteiger partial charge in [0.25, 0.3) is 0 Å². The molecule has 0 saturated carbocycles. The Morgan fingerprint density at radius 1 is 0.968 bits per heavy atom. The molecule has 0 aliphatic heterocycles. The van der Waals surface area contributed by atoms with Gasteiger partial charge in [-0.25, -0.2) is 4.79 Å². The Labute approximate surface area is 188 Å². The fraction of sp³-hybridized carbons (Fsp3) is 0.577. The van der Waals surface area contributed by atoms with Gasteiger partial charge in [-0.2, -0.15) is 10.5 Å². The van der Waals surface area contributed by atoms with Crippen LogP contribution in [0, 0.1) is 34.5 Å². The third-order valence-electron chi connectivity index (χ3n) is 6.04. The van der Waals surface area contributed by atoms with Crippen LogP contribution in [0.25, 0.3) is 5.57 Å². The zero-order valence-electron chi connectivity index (χ0n) is 19.8. The summed E-state index contributed by atoms with van der Waals surface area (Å²) >= 11 is 0. The number of anilines is 1. The largest absolute Gasteiger partial charge is 0.465 e. The highest BCUT2D eigenvalue weighted by Gasteiger charge is 2.19. The van der Waals surface area contributed by atoms with Crippen LogP contribution in [0.15, 0.2) is 29.8 Å². The summed E-state index contributed by atoms with van der Waals surface area (Å²) in [5.74, 6) is 0.482. The van der Waals surface area contributed by atoms with Crippen molar-refractivity contribution in [1.82, 2.24) is 0 Å². The predicted octanol–water partition coefficient (Wildman–Crippen LogP) is 6.12. The van der Waals surface area contributed by atoms with Crippen molar-refractivity contribution in [3.05, 3.63) is 35.4 Å². The molecule has 0 saturated heterocycles. The molecule has 168 valence electrons. The molecule has 0 spiro atoms. The summed E-state index contributed by atoms with van der Waals surface area (Å²) in [5.41, 5.74) is 1.44. The molecule has 0 N–H and O–H groups in total. The Bertz CT molecular complexity index is 795. The van der Waals surface area contributed by atoms with E-state index in [4.69, 9.17) is 0 Å². The van der Waals surface area contributed by atoms with Crippen molar-refractivity contribution in [2.45, 2.75) is 66.2 Å². The maximum Gasteiger partial charge on any atom is 0.350 e. The molecule has 1 atom stereocenters. The fourth-order valence-electron chi connectivity index (χ4n) is 3.78. The van der Waals surface area contributed by atoms with E-state index in [1.54, 1.807) is 6.07 Å². The van der Waals surface area contributed by atoms with Crippen LogP contribution < -0.4 is 4.90 Å². The molecule has 0 aliphatic rings. The van der Waals surface area contributed by atoms with Gasteiger partial charge in [0.05, 0.1) is 12.7 Å². The van der Waals surface area contributed by atoms with Crippen LogP contribution in [0.4, 0.5) is 5.69 Å². The number of hydrogen-bond acceptors (Lipinski definition) is 5. The number of nitriles is 2. The molecule has 31 heavy (non-hydrogen) atoms. The lowest BCUT2D eigenvalue weighted by Gasteiger charge is -2.32. The number of carbonyl (C=O) groups is 1. The van der Waals surface area contributed by atoms with Crippen molar-refractivity contribution in [3.8, 4) is 12.1 Å². The first-order valence-electron chi connectivity index (χ1n) is 11.5. The molecule has 0 fully saturated rings. The van der Waals surface area contributed by atoms with E-state index in [1.807, 2.05) is 30.3 Å². The van der Waals surface area contributed by atoms with Crippen molar-refractivity contribution >= 4 is 17.2 Å². The lowest BCUT2D eigenvalue weighted by Crippen LogP contribution is -2.34. The first-order valence-corrected chi connectivity index (χ1v) is 11.5. The van der Waals surface area contributed by atoms with Crippen LogP contribution in [0.1, 0.15) is 71.8 Å². The molecule has 0 radical (unpaired) electrons. The van der Waals surface area contributed by atoms with E-state index in [2.05, 4.69) is 37.3 Å². The monoisotopic (exact) mass is 423 g/mol. The maximum absolute atomic E-state index is 11.9. The number of carbonyl (C=O) groups excluding carboxylic acids is 1. The van der Waals surface area contributed by atoms with E-state index in [0.29, 0.717) is 17.4 Å². The van der Waals surface area contributed by atoms with Crippen molar-refractivity contribution in [2.75, 3.05) is 25.1 Å². The smallest absolute Gasteiger partial charge is 0.350 e. The van der Waals surface area contributed by atoms with Crippen LogP contribution in [0.5, 0.6) is 0 Å². The summed E-state index contributed by atoms with van der Waals surface area (Å²) in [7, 11) is 1.20. The molecule has 0 bridgehead atoms. The number of methoxy groups -OCH3 is 1. The number of benzene rings is 1. The summed E-state index contributed by atoms with van der Waals surface area (Å²) in [4.78, 5) is 14.3. The van der Waals surface area contributed by atoms with Gasteiger partial charge in [0.15, 0.2) is 5.57 Å². The Hall–Kier alpha value is -2.79. The Morgan fingerprint density at radius 3 is 2.00 bits per heavy atom. The van der Waals surface area contributed by atoms with Gasteiger partial charge in [-0.1, -0.05) is 71.9 Å². The molecule has 5 heteroatoms. The van der Waals surface area contributed by atoms with Crippen LogP contribution in [0.3, 0.4) is 0 Å².